The van der Waals surface area contributed by atoms with Gasteiger partial charge in [0.05, 0.1) is 0 Å². The Balaban J connectivity index is 3.90. The second kappa shape index (κ2) is 2.88. The predicted molar refractivity (Wildman–Crippen MR) is 25.5 cm³/mol. The van der Waals surface area contributed by atoms with Crippen LogP contribution >= 0.6 is 0 Å². The van der Waals surface area contributed by atoms with Gasteiger partial charge in [0, 0.05) is 9.11 Å². The van der Waals surface area contributed by atoms with Gasteiger partial charge >= 0.3 is 0 Å². The molecule has 0 saturated heterocycles. The summed E-state index contributed by atoms with van der Waals surface area (Å²) < 4.78 is 13.9. The van der Waals surface area contributed by atoms with Crippen molar-refractivity contribution >= 4 is 6.29 Å². The van der Waals surface area contributed by atoms with Crippen LogP contribution in [0.1, 0.15) is 23.0 Å². The molecule has 0 aromatic carbocycles. The molecule has 0 aliphatic rings. The standard InChI is InChI=1S/C5H10O/c1-5(2)3-4-6/h4-5H,3H2,1-2H3/i3D2. The molecule has 0 aromatic heterocycles. The van der Waals surface area contributed by atoms with Gasteiger partial charge in [-0.3, -0.25) is 0 Å². The molecular weight excluding hydrogens is 76.1 g/mol. The molecule has 36 valence electrons. The highest BCUT2D eigenvalue weighted by molar-refractivity contribution is 5.49. The van der Waals surface area contributed by atoms with E-state index in [1.165, 1.54) is 0 Å². The van der Waals surface area contributed by atoms with Crippen molar-refractivity contribution in [2.75, 3.05) is 0 Å². The fourth-order valence-corrected chi connectivity index (χ4v) is 0.136. The van der Waals surface area contributed by atoms with E-state index in [-0.39, 0.29) is 5.92 Å². The summed E-state index contributed by atoms with van der Waals surface area (Å²) in [5.74, 6) is -0.222. The van der Waals surface area contributed by atoms with E-state index < -0.39 is 6.37 Å². The van der Waals surface area contributed by atoms with E-state index in [2.05, 4.69) is 0 Å². The van der Waals surface area contributed by atoms with Crippen molar-refractivity contribution in [1.29, 1.82) is 0 Å². The van der Waals surface area contributed by atoms with Crippen molar-refractivity contribution < 1.29 is 7.54 Å². The fraction of sp³-hybridized carbons (Fsp3) is 0.800. The maximum atomic E-state index is 9.89. The molecule has 0 heterocycles. The van der Waals surface area contributed by atoms with Crippen LogP contribution < -0.4 is 0 Å². The van der Waals surface area contributed by atoms with E-state index >= 15 is 0 Å². The van der Waals surface area contributed by atoms with Gasteiger partial charge in [-0.05, 0) is 5.92 Å². The second-order valence-electron chi connectivity index (χ2n) is 1.44. The first-order valence-electron chi connectivity index (χ1n) is 2.97. The Morgan fingerprint density at radius 1 is 2.00 bits per heavy atom. The van der Waals surface area contributed by atoms with E-state index in [9.17, 15) is 4.79 Å². The van der Waals surface area contributed by atoms with E-state index in [4.69, 9.17) is 2.74 Å². The molecule has 0 amide bonds. The van der Waals surface area contributed by atoms with Crippen LogP contribution in [-0.4, -0.2) is 6.29 Å². The molecule has 0 fully saturated rings. The van der Waals surface area contributed by atoms with E-state index in [0.29, 0.717) is 6.29 Å². The second-order valence-corrected chi connectivity index (χ2v) is 1.44. The Kier molecular flexibility index (Phi) is 1.34. The van der Waals surface area contributed by atoms with Gasteiger partial charge in [-0.15, -0.1) is 0 Å². The summed E-state index contributed by atoms with van der Waals surface area (Å²) in [6, 6.07) is 0. The number of aldehydes is 1. The third-order valence-electron chi connectivity index (χ3n) is 0.401. The van der Waals surface area contributed by atoms with Crippen LogP contribution in [0.4, 0.5) is 0 Å². The minimum Gasteiger partial charge on any atom is -0.303 e. The number of rotatable bonds is 2. The summed E-state index contributed by atoms with van der Waals surface area (Å²) in [6.45, 7) is 3.35. The average molecular weight is 88.1 g/mol. The molecule has 6 heavy (non-hydrogen) atoms. The third-order valence-corrected chi connectivity index (χ3v) is 0.401. The van der Waals surface area contributed by atoms with E-state index in [0.717, 1.165) is 0 Å². The lowest BCUT2D eigenvalue weighted by Gasteiger charge is -1.89. The van der Waals surface area contributed by atoms with Crippen molar-refractivity contribution in [3.8, 4) is 0 Å². The number of carbonyl (C=O) groups is 1. The van der Waals surface area contributed by atoms with Crippen molar-refractivity contribution in [1.82, 2.24) is 0 Å². The van der Waals surface area contributed by atoms with Crippen LogP contribution in [0.3, 0.4) is 0 Å². The largest absolute Gasteiger partial charge is 0.303 e. The predicted octanol–water partition coefficient (Wildman–Crippen LogP) is 1.23. The lowest BCUT2D eigenvalue weighted by Crippen LogP contribution is -1.84. The first-order chi connectivity index (χ1) is 3.50. The van der Waals surface area contributed by atoms with Crippen molar-refractivity contribution in [3.63, 3.8) is 0 Å². The van der Waals surface area contributed by atoms with Crippen molar-refractivity contribution in [2.24, 2.45) is 5.92 Å². The summed E-state index contributed by atoms with van der Waals surface area (Å²) in [6.07, 6.45) is -1.29. The molecule has 1 heteroatoms. The van der Waals surface area contributed by atoms with Gasteiger partial charge < -0.3 is 4.79 Å². The monoisotopic (exact) mass is 88.1 g/mol. The Morgan fingerprint density at radius 2 is 2.50 bits per heavy atom. The van der Waals surface area contributed by atoms with Gasteiger partial charge in [0.1, 0.15) is 6.29 Å². The zero-order chi connectivity index (χ0) is 6.78. The summed E-state index contributed by atoms with van der Waals surface area (Å²) in [7, 11) is 0. The van der Waals surface area contributed by atoms with Crippen LogP contribution in [0.5, 0.6) is 0 Å². The highest BCUT2D eigenvalue weighted by atomic mass is 16.1. The normalized spacial score (nSPS) is 16.5. The summed E-state index contributed by atoms with van der Waals surface area (Å²) in [5.41, 5.74) is 0. The third kappa shape index (κ3) is 3.67. The molecule has 0 unspecified atom stereocenters. The molecular formula is C5H10O. The van der Waals surface area contributed by atoms with E-state index in [1.807, 2.05) is 0 Å². The molecule has 0 rings (SSSR count). The highest BCUT2D eigenvalue weighted by Crippen LogP contribution is 1.92. The van der Waals surface area contributed by atoms with Gasteiger partial charge in [0.2, 0.25) is 0 Å². The molecule has 0 aromatic rings. The molecule has 1 nitrogen and oxygen atoms in total. The van der Waals surface area contributed by atoms with Gasteiger partial charge in [0.15, 0.2) is 0 Å². The van der Waals surface area contributed by atoms with Crippen molar-refractivity contribution in [3.05, 3.63) is 0 Å². The molecule has 0 spiro atoms. The maximum absolute atomic E-state index is 9.89. The van der Waals surface area contributed by atoms with Crippen LogP contribution in [0, 0.1) is 5.92 Å². The Bertz CT molecular complexity index is 88.4. The average Bonchev–Trinajstić information content (AvgIpc) is 1.67. The minimum absolute atomic E-state index is 0.222. The molecule has 0 radical (unpaired) electrons. The molecule has 0 N–H and O–H groups in total. The van der Waals surface area contributed by atoms with E-state index in [1.54, 1.807) is 13.8 Å². The summed E-state index contributed by atoms with van der Waals surface area (Å²) in [5, 5.41) is 0. The first kappa shape index (κ1) is 2.78. The Hall–Kier alpha value is -0.330. The quantitative estimate of drug-likeness (QED) is 0.464. The van der Waals surface area contributed by atoms with Gasteiger partial charge in [-0.1, -0.05) is 13.8 Å². The highest BCUT2D eigenvalue weighted by Gasteiger charge is 1.85. The van der Waals surface area contributed by atoms with Crippen LogP contribution in [0.25, 0.3) is 0 Å². The molecule has 0 aliphatic heterocycles. The summed E-state index contributed by atoms with van der Waals surface area (Å²) in [4.78, 5) is 9.89. The Morgan fingerprint density at radius 3 is 2.50 bits per heavy atom. The zero-order valence-corrected chi connectivity index (χ0v) is 4.06. The van der Waals surface area contributed by atoms with Gasteiger partial charge in [0.25, 0.3) is 0 Å². The molecule has 0 bridgehead atoms. The van der Waals surface area contributed by atoms with Crippen molar-refractivity contribution in [2.45, 2.75) is 20.2 Å². The minimum atomic E-state index is -1.64. The van der Waals surface area contributed by atoms with Crippen LogP contribution in [-0.2, 0) is 4.79 Å². The number of hydrogen-bond donors (Lipinski definition) is 0. The summed E-state index contributed by atoms with van der Waals surface area (Å²) >= 11 is 0. The van der Waals surface area contributed by atoms with Crippen LogP contribution in [0.2, 0.25) is 0 Å². The topological polar surface area (TPSA) is 17.1 Å². The molecule has 0 aliphatic carbocycles. The fourth-order valence-electron chi connectivity index (χ4n) is 0.136. The number of hydrogen-bond acceptors (Lipinski definition) is 1. The van der Waals surface area contributed by atoms with Crippen LogP contribution in [0.15, 0.2) is 0 Å². The Labute approximate surface area is 41.2 Å². The maximum Gasteiger partial charge on any atom is 0.120 e. The zero-order valence-electron chi connectivity index (χ0n) is 6.06. The SMILES string of the molecule is [2H]C([2H])(C=O)C(C)C. The smallest absolute Gasteiger partial charge is 0.120 e. The lowest BCUT2D eigenvalue weighted by molar-refractivity contribution is -0.108. The number of carbonyl (C=O) groups excluding carboxylic acids is 1. The van der Waals surface area contributed by atoms with Gasteiger partial charge in [-0.25, -0.2) is 0 Å². The molecule has 0 saturated carbocycles. The lowest BCUT2D eigenvalue weighted by atomic mass is 10.2. The van der Waals surface area contributed by atoms with Gasteiger partial charge in [-0.2, -0.15) is 0 Å². The molecule has 0 atom stereocenters. The first-order valence-corrected chi connectivity index (χ1v) is 1.97.